The number of nitrogens with zero attached hydrogens (tertiary/aromatic N) is 1. The predicted octanol–water partition coefficient (Wildman–Crippen LogP) is 18.1. The maximum Gasteiger partial charge on any atom is 0.0540 e. The van der Waals surface area contributed by atoms with Crippen LogP contribution < -0.4 is 4.90 Å². The summed E-state index contributed by atoms with van der Waals surface area (Å²) >= 11 is 0. The average Bonchev–Trinajstić information content (AvgIpc) is 3.39. The van der Waals surface area contributed by atoms with Gasteiger partial charge in [0.1, 0.15) is 0 Å². The second-order valence-corrected chi connectivity index (χ2v) is 16.8. The second kappa shape index (κ2) is 16.3. The molecule has 0 spiro atoms. The SMILES string of the molecule is c1ccc(-c2ccc(N(c3ccc(-c4ccc5ccccc5c4)cc3)c3ccccc3-c3ccc4c(c3)c(-c3ccccc3)c(-c3ccccc3)c3ccccc34)c3ccccc23)cc1. The first-order valence-electron chi connectivity index (χ1n) is 22.4. The van der Waals surface area contributed by atoms with E-state index in [9.17, 15) is 0 Å². The van der Waals surface area contributed by atoms with Crippen LogP contribution in [-0.4, -0.2) is 0 Å². The van der Waals surface area contributed by atoms with Gasteiger partial charge in [0, 0.05) is 16.6 Å². The van der Waals surface area contributed by atoms with E-state index in [1.165, 1.54) is 87.6 Å². The summed E-state index contributed by atoms with van der Waals surface area (Å²) in [4.78, 5) is 2.47. The minimum absolute atomic E-state index is 1.09. The van der Waals surface area contributed by atoms with Gasteiger partial charge >= 0.3 is 0 Å². The van der Waals surface area contributed by atoms with Crippen LogP contribution in [0.25, 0.3) is 98.7 Å². The summed E-state index contributed by atoms with van der Waals surface area (Å²) in [5.74, 6) is 0. The van der Waals surface area contributed by atoms with Gasteiger partial charge in [-0.2, -0.15) is 0 Å². The Bertz CT molecular complexity index is 3690. The van der Waals surface area contributed by atoms with Crippen LogP contribution in [0.1, 0.15) is 0 Å². The Labute approximate surface area is 379 Å². The molecule has 304 valence electrons. The molecule has 1 heteroatoms. The molecular formula is C64H43N. The minimum atomic E-state index is 1.09. The van der Waals surface area contributed by atoms with Gasteiger partial charge < -0.3 is 4.90 Å². The molecule has 12 aromatic carbocycles. The highest BCUT2D eigenvalue weighted by Crippen LogP contribution is 2.49. The Morgan fingerprint density at radius 3 is 1.46 bits per heavy atom. The van der Waals surface area contributed by atoms with E-state index in [2.05, 4.69) is 266 Å². The topological polar surface area (TPSA) is 3.24 Å². The molecule has 0 N–H and O–H groups in total. The van der Waals surface area contributed by atoms with E-state index in [4.69, 9.17) is 0 Å². The number of hydrogen-bond acceptors (Lipinski definition) is 1. The third-order valence-corrected chi connectivity index (χ3v) is 13.0. The van der Waals surface area contributed by atoms with Crippen LogP contribution in [-0.2, 0) is 0 Å². The van der Waals surface area contributed by atoms with Gasteiger partial charge in [0.05, 0.1) is 11.4 Å². The van der Waals surface area contributed by atoms with Crippen molar-refractivity contribution in [2.24, 2.45) is 0 Å². The zero-order valence-corrected chi connectivity index (χ0v) is 35.8. The van der Waals surface area contributed by atoms with Gasteiger partial charge in [-0.25, -0.2) is 0 Å². The molecule has 0 heterocycles. The molecule has 0 amide bonds. The maximum absolute atomic E-state index is 2.47. The zero-order chi connectivity index (χ0) is 43.1. The zero-order valence-electron chi connectivity index (χ0n) is 35.8. The molecule has 0 radical (unpaired) electrons. The molecule has 0 saturated heterocycles. The summed E-state index contributed by atoms with van der Waals surface area (Å²) in [6.45, 7) is 0. The molecule has 0 fully saturated rings. The molecule has 0 saturated carbocycles. The third kappa shape index (κ3) is 6.82. The number of benzene rings is 12. The van der Waals surface area contributed by atoms with Crippen molar-refractivity contribution in [2.75, 3.05) is 4.90 Å². The summed E-state index contributed by atoms with van der Waals surface area (Å²) in [7, 11) is 0. The molecule has 0 aliphatic carbocycles. The van der Waals surface area contributed by atoms with E-state index in [-0.39, 0.29) is 0 Å². The Morgan fingerprint density at radius 1 is 0.215 bits per heavy atom. The predicted molar refractivity (Wildman–Crippen MR) is 278 cm³/mol. The van der Waals surface area contributed by atoms with Crippen LogP contribution in [0, 0.1) is 0 Å². The molecule has 65 heavy (non-hydrogen) atoms. The van der Waals surface area contributed by atoms with Gasteiger partial charge in [-0.1, -0.05) is 224 Å². The first-order valence-corrected chi connectivity index (χ1v) is 22.4. The van der Waals surface area contributed by atoms with Crippen LogP contribution in [0.15, 0.2) is 261 Å². The highest BCUT2D eigenvalue weighted by molar-refractivity contribution is 6.22. The molecule has 0 aliphatic rings. The normalized spacial score (nSPS) is 11.4. The fourth-order valence-corrected chi connectivity index (χ4v) is 10.0. The average molecular weight is 826 g/mol. The highest BCUT2D eigenvalue weighted by atomic mass is 15.1. The van der Waals surface area contributed by atoms with Crippen molar-refractivity contribution < 1.29 is 0 Å². The van der Waals surface area contributed by atoms with Gasteiger partial charge in [0.2, 0.25) is 0 Å². The van der Waals surface area contributed by atoms with Gasteiger partial charge in [0.25, 0.3) is 0 Å². The van der Waals surface area contributed by atoms with Crippen molar-refractivity contribution in [3.63, 3.8) is 0 Å². The van der Waals surface area contributed by atoms with E-state index in [1.54, 1.807) is 0 Å². The summed E-state index contributed by atoms with van der Waals surface area (Å²) in [6, 6.07) is 95.4. The fraction of sp³-hybridized carbons (Fsp3) is 0. The van der Waals surface area contributed by atoms with E-state index >= 15 is 0 Å². The van der Waals surface area contributed by atoms with Crippen LogP contribution in [0.2, 0.25) is 0 Å². The number of rotatable bonds is 8. The standard InChI is InChI=1S/C64H43N/c1-4-19-46(20-5-1)53-40-41-62(58-29-14-12-27-55(53)58)65(52-37-34-45(35-38-52)50-33-32-44-18-10-11-25-49(44)42-50)61-31-17-16-26-54(61)51-36-39-57-56-28-13-15-30-59(56)63(47-21-6-2-7-22-47)64(60(57)43-51)48-23-8-3-9-24-48/h1-43H. The van der Waals surface area contributed by atoms with Crippen LogP contribution >= 0.6 is 0 Å². The Kier molecular flexibility index (Phi) is 9.58. The van der Waals surface area contributed by atoms with Gasteiger partial charge in [-0.05, 0) is 124 Å². The van der Waals surface area contributed by atoms with Crippen molar-refractivity contribution in [2.45, 2.75) is 0 Å². The lowest BCUT2D eigenvalue weighted by Crippen LogP contribution is -2.12. The highest BCUT2D eigenvalue weighted by Gasteiger charge is 2.23. The number of fused-ring (bicyclic) bond motifs is 5. The lowest BCUT2D eigenvalue weighted by atomic mass is 9.84. The number of para-hydroxylation sites is 1. The lowest BCUT2D eigenvalue weighted by Gasteiger charge is -2.30. The third-order valence-electron chi connectivity index (χ3n) is 13.0. The summed E-state index contributed by atoms with van der Waals surface area (Å²) in [5.41, 5.74) is 15.3. The molecule has 12 rings (SSSR count). The molecule has 1 nitrogen and oxygen atoms in total. The fourth-order valence-electron chi connectivity index (χ4n) is 10.0. The van der Waals surface area contributed by atoms with E-state index in [0.717, 1.165) is 28.2 Å². The smallest absolute Gasteiger partial charge is 0.0540 e. The molecule has 0 aliphatic heterocycles. The maximum atomic E-state index is 2.47. The van der Waals surface area contributed by atoms with Gasteiger partial charge in [0.15, 0.2) is 0 Å². The van der Waals surface area contributed by atoms with Crippen LogP contribution in [0.4, 0.5) is 17.1 Å². The molecule has 0 unspecified atom stereocenters. The monoisotopic (exact) mass is 825 g/mol. The van der Waals surface area contributed by atoms with Crippen molar-refractivity contribution in [3.05, 3.63) is 261 Å². The van der Waals surface area contributed by atoms with Gasteiger partial charge in [-0.15, -0.1) is 0 Å². The first kappa shape index (κ1) is 38.2. The summed E-state index contributed by atoms with van der Waals surface area (Å²) < 4.78 is 0. The largest absolute Gasteiger partial charge is 0.309 e. The van der Waals surface area contributed by atoms with Crippen molar-refractivity contribution in [1.82, 2.24) is 0 Å². The first-order chi connectivity index (χ1) is 32.3. The Morgan fingerprint density at radius 2 is 0.738 bits per heavy atom. The molecule has 0 aromatic heterocycles. The minimum Gasteiger partial charge on any atom is -0.309 e. The van der Waals surface area contributed by atoms with E-state index in [1.807, 2.05) is 0 Å². The quantitative estimate of drug-likeness (QED) is 0.138. The number of hydrogen-bond donors (Lipinski definition) is 0. The van der Waals surface area contributed by atoms with E-state index < -0.39 is 0 Å². The van der Waals surface area contributed by atoms with Gasteiger partial charge in [-0.3, -0.25) is 0 Å². The van der Waals surface area contributed by atoms with Crippen molar-refractivity contribution in [1.29, 1.82) is 0 Å². The summed E-state index contributed by atoms with van der Waals surface area (Å²) in [5, 5.41) is 9.85. The van der Waals surface area contributed by atoms with Crippen LogP contribution in [0.3, 0.4) is 0 Å². The lowest BCUT2D eigenvalue weighted by molar-refractivity contribution is 1.30. The summed E-state index contributed by atoms with van der Waals surface area (Å²) in [6.07, 6.45) is 0. The molecule has 12 aromatic rings. The Balaban J connectivity index is 1.09. The Hall–Kier alpha value is -8.52. The molecule has 0 bridgehead atoms. The number of anilines is 3. The van der Waals surface area contributed by atoms with Crippen molar-refractivity contribution in [3.8, 4) is 55.6 Å². The molecule has 0 atom stereocenters. The van der Waals surface area contributed by atoms with Crippen molar-refractivity contribution >= 4 is 60.2 Å². The molecular weight excluding hydrogens is 783 g/mol. The second-order valence-electron chi connectivity index (χ2n) is 16.8. The van der Waals surface area contributed by atoms with E-state index in [0.29, 0.717) is 0 Å². The van der Waals surface area contributed by atoms with Crippen LogP contribution in [0.5, 0.6) is 0 Å².